The van der Waals surface area contributed by atoms with Crippen LogP contribution in [0.1, 0.15) is 37.7 Å². The van der Waals surface area contributed by atoms with Gasteiger partial charge >= 0.3 is 6.03 Å². The van der Waals surface area contributed by atoms with Crippen molar-refractivity contribution in [3.8, 4) is 0 Å². The second kappa shape index (κ2) is 8.09. The highest BCUT2D eigenvalue weighted by Gasteiger charge is 2.51. The molecule has 0 radical (unpaired) electrons. The van der Waals surface area contributed by atoms with Crippen LogP contribution in [0.4, 0.5) is 10.5 Å². The number of anilines is 1. The molecule has 2 aliphatic heterocycles. The minimum absolute atomic E-state index is 0.0493. The van der Waals surface area contributed by atoms with Crippen molar-refractivity contribution in [3.05, 3.63) is 29.8 Å². The number of rotatable bonds is 5. The van der Waals surface area contributed by atoms with E-state index in [9.17, 15) is 9.59 Å². The second-order valence-electron chi connectivity index (χ2n) is 8.23. The van der Waals surface area contributed by atoms with E-state index in [1.54, 1.807) is 0 Å². The monoisotopic (exact) mass is 386 g/mol. The molecule has 152 valence electrons. The molecule has 3 fully saturated rings. The second-order valence-corrected chi connectivity index (χ2v) is 8.23. The third kappa shape index (κ3) is 3.86. The summed E-state index contributed by atoms with van der Waals surface area (Å²) in [4.78, 5) is 31.0. The van der Waals surface area contributed by atoms with Crippen molar-refractivity contribution < 1.29 is 14.3 Å². The number of amides is 3. The number of imide groups is 1. The topological polar surface area (TPSA) is 65.1 Å². The number of benzene rings is 1. The minimum Gasteiger partial charge on any atom is -0.378 e. The Balaban J connectivity index is 1.34. The van der Waals surface area contributed by atoms with Gasteiger partial charge in [-0.15, -0.1) is 0 Å². The molecule has 1 N–H and O–H groups in total. The van der Waals surface area contributed by atoms with Crippen molar-refractivity contribution in [1.29, 1.82) is 0 Å². The Morgan fingerprint density at radius 3 is 2.43 bits per heavy atom. The lowest BCUT2D eigenvalue weighted by atomic mass is 9.82. The van der Waals surface area contributed by atoms with Crippen LogP contribution in [-0.2, 0) is 16.1 Å². The molecule has 1 spiro atoms. The smallest absolute Gasteiger partial charge is 0.326 e. The van der Waals surface area contributed by atoms with Crippen molar-refractivity contribution in [1.82, 2.24) is 15.1 Å². The van der Waals surface area contributed by atoms with Crippen molar-refractivity contribution in [2.45, 2.75) is 44.2 Å². The number of urea groups is 1. The van der Waals surface area contributed by atoms with E-state index in [1.807, 2.05) is 11.9 Å². The average molecular weight is 386 g/mol. The van der Waals surface area contributed by atoms with Crippen LogP contribution < -0.4 is 10.2 Å². The van der Waals surface area contributed by atoms with Crippen molar-refractivity contribution in [2.24, 2.45) is 0 Å². The standard InChI is InChI=1S/C21H30N4O3/c1-23(15-17-5-7-18(8-6-17)24-11-13-28-14-12-24)16-25-19(26)21(22-20(25)27)9-3-2-4-10-21/h5-8H,2-4,9-16H2,1H3,(H,22,27). The molecule has 28 heavy (non-hydrogen) atoms. The number of carbonyl (C=O) groups excluding carboxylic acids is 2. The van der Waals surface area contributed by atoms with Crippen molar-refractivity contribution in [2.75, 3.05) is 44.9 Å². The minimum atomic E-state index is -0.643. The fraction of sp³-hybridized carbons (Fsp3) is 0.619. The normalized spacial score (nSPS) is 22.2. The van der Waals surface area contributed by atoms with Crippen LogP contribution in [0.5, 0.6) is 0 Å². The van der Waals surface area contributed by atoms with Gasteiger partial charge in [0, 0.05) is 25.3 Å². The summed E-state index contributed by atoms with van der Waals surface area (Å²) in [5.74, 6) is -0.0493. The zero-order valence-electron chi connectivity index (χ0n) is 16.7. The van der Waals surface area contributed by atoms with Gasteiger partial charge in [-0.05, 0) is 37.6 Å². The summed E-state index contributed by atoms with van der Waals surface area (Å²) in [5, 5.41) is 2.98. The third-order valence-corrected chi connectivity index (χ3v) is 6.10. The fourth-order valence-corrected chi connectivity index (χ4v) is 4.54. The molecule has 2 saturated heterocycles. The lowest BCUT2D eigenvalue weighted by molar-refractivity contribution is -0.133. The number of nitrogens with one attached hydrogen (secondary N) is 1. The van der Waals surface area contributed by atoms with Crippen LogP contribution in [0.2, 0.25) is 0 Å². The predicted molar refractivity (Wildman–Crippen MR) is 107 cm³/mol. The van der Waals surface area contributed by atoms with E-state index in [-0.39, 0.29) is 11.9 Å². The largest absolute Gasteiger partial charge is 0.378 e. The van der Waals surface area contributed by atoms with Gasteiger partial charge in [0.2, 0.25) is 0 Å². The van der Waals surface area contributed by atoms with Gasteiger partial charge < -0.3 is 15.0 Å². The summed E-state index contributed by atoms with van der Waals surface area (Å²) in [7, 11) is 1.95. The van der Waals surface area contributed by atoms with Gasteiger partial charge in [0.1, 0.15) is 5.54 Å². The van der Waals surface area contributed by atoms with Crippen LogP contribution in [0, 0.1) is 0 Å². The van der Waals surface area contributed by atoms with E-state index < -0.39 is 5.54 Å². The van der Waals surface area contributed by atoms with Crippen LogP contribution >= 0.6 is 0 Å². The summed E-state index contributed by atoms with van der Waals surface area (Å²) in [6.45, 7) is 4.40. The molecule has 7 nitrogen and oxygen atoms in total. The highest BCUT2D eigenvalue weighted by Crippen LogP contribution is 2.33. The molecule has 2 heterocycles. The maximum Gasteiger partial charge on any atom is 0.326 e. The molecular weight excluding hydrogens is 356 g/mol. The number of hydrogen-bond donors (Lipinski definition) is 1. The fourth-order valence-electron chi connectivity index (χ4n) is 4.54. The van der Waals surface area contributed by atoms with Crippen LogP contribution in [0.3, 0.4) is 0 Å². The van der Waals surface area contributed by atoms with Crippen molar-refractivity contribution >= 4 is 17.6 Å². The first-order valence-electron chi connectivity index (χ1n) is 10.3. The molecule has 0 aromatic heterocycles. The quantitative estimate of drug-likeness (QED) is 0.786. The Morgan fingerprint density at radius 1 is 1.07 bits per heavy atom. The first kappa shape index (κ1) is 19.2. The first-order chi connectivity index (χ1) is 13.6. The van der Waals surface area contributed by atoms with Gasteiger partial charge in [-0.25, -0.2) is 9.69 Å². The summed E-state index contributed by atoms with van der Waals surface area (Å²) in [5.41, 5.74) is 1.73. The zero-order valence-corrected chi connectivity index (χ0v) is 16.7. The SMILES string of the molecule is CN(Cc1ccc(N2CCOCC2)cc1)CN1C(=O)NC2(CCCCC2)C1=O. The van der Waals surface area contributed by atoms with Crippen LogP contribution in [-0.4, -0.2) is 67.3 Å². The summed E-state index contributed by atoms with van der Waals surface area (Å²) >= 11 is 0. The van der Waals surface area contributed by atoms with Crippen LogP contribution in [0.25, 0.3) is 0 Å². The Labute approximate surface area is 166 Å². The van der Waals surface area contributed by atoms with E-state index >= 15 is 0 Å². The number of nitrogens with zero attached hydrogens (tertiary/aromatic N) is 3. The molecule has 7 heteroatoms. The third-order valence-electron chi connectivity index (χ3n) is 6.10. The van der Waals surface area contributed by atoms with Gasteiger partial charge in [-0.3, -0.25) is 9.69 Å². The van der Waals surface area contributed by atoms with Crippen molar-refractivity contribution in [3.63, 3.8) is 0 Å². The highest BCUT2D eigenvalue weighted by molar-refractivity contribution is 6.07. The molecule has 3 aliphatic rings. The number of carbonyl (C=O) groups is 2. The Hall–Kier alpha value is -2.12. The Kier molecular flexibility index (Phi) is 5.55. The number of hydrogen-bond acceptors (Lipinski definition) is 5. The zero-order chi connectivity index (χ0) is 19.6. The lowest BCUT2D eigenvalue weighted by Gasteiger charge is -2.31. The molecule has 1 aromatic rings. The Bertz CT molecular complexity index is 709. The summed E-state index contributed by atoms with van der Waals surface area (Å²) in [6, 6.07) is 8.27. The first-order valence-corrected chi connectivity index (χ1v) is 10.3. The van der Waals surface area contributed by atoms with E-state index in [0.29, 0.717) is 13.2 Å². The number of ether oxygens (including phenoxy) is 1. The highest BCUT2D eigenvalue weighted by atomic mass is 16.5. The molecule has 0 unspecified atom stereocenters. The van der Waals surface area contributed by atoms with Gasteiger partial charge in [0.05, 0.1) is 19.9 Å². The maximum atomic E-state index is 12.9. The average Bonchev–Trinajstić information content (AvgIpc) is 2.93. The van der Waals surface area contributed by atoms with E-state index in [0.717, 1.165) is 58.4 Å². The van der Waals surface area contributed by atoms with Gasteiger partial charge in [-0.1, -0.05) is 31.4 Å². The molecule has 3 amide bonds. The van der Waals surface area contributed by atoms with Crippen LogP contribution in [0.15, 0.2) is 24.3 Å². The number of morpholine rings is 1. The summed E-state index contributed by atoms with van der Waals surface area (Å²) in [6.07, 6.45) is 4.68. The molecular formula is C21H30N4O3. The summed E-state index contributed by atoms with van der Waals surface area (Å²) < 4.78 is 5.41. The molecule has 4 rings (SSSR count). The molecule has 1 aliphatic carbocycles. The van der Waals surface area contributed by atoms with Gasteiger partial charge in [0.15, 0.2) is 0 Å². The molecule has 1 saturated carbocycles. The Morgan fingerprint density at radius 2 is 1.75 bits per heavy atom. The van der Waals surface area contributed by atoms with E-state index in [4.69, 9.17) is 4.74 Å². The molecule has 0 atom stereocenters. The van der Waals surface area contributed by atoms with E-state index in [1.165, 1.54) is 16.2 Å². The maximum absolute atomic E-state index is 12.9. The predicted octanol–water partition coefficient (Wildman–Crippen LogP) is 2.17. The molecule has 0 bridgehead atoms. The van der Waals surface area contributed by atoms with E-state index in [2.05, 4.69) is 34.5 Å². The van der Waals surface area contributed by atoms with Gasteiger partial charge in [0.25, 0.3) is 5.91 Å². The lowest BCUT2D eigenvalue weighted by Crippen LogP contribution is -2.48. The molecule has 1 aromatic carbocycles. The van der Waals surface area contributed by atoms with Gasteiger partial charge in [-0.2, -0.15) is 0 Å².